The van der Waals surface area contributed by atoms with Gasteiger partial charge in [-0.2, -0.15) is 0 Å². The van der Waals surface area contributed by atoms with Gasteiger partial charge in [-0.05, 0) is 47.4 Å². The molecule has 2 aromatic carbocycles. The quantitative estimate of drug-likeness (QED) is 0.294. The smallest absolute Gasteiger partial charge is 0.303 e. The number of carbonyl (C=O) groups is 4. The fourth-order valence-corrected chi connectivity index (χ4v) is 6.11. The van der Waals surface area contributed by atoms with Gasteiger partial charge in [-0.25, -0.2) is 0 Å². The first-order valence-corrected chi connectivity index (χ1v) is 14.8. The number of halogens is 1. The lowest BCUT2D eigenvalue weighted by Crippen LogP contribution is -2.59. The van der Waals surface area contributed by atoms with Gasteiger partial charge in [0.1, 0.15) is 24.6 Å². The second-order valence-corrected chi connectivity index (χ2v) is 11.5. The Morgan fingerprint density at radius 2 is 1.49 bits per heavy atom. The summed E-state index contributed by atoms with van der Waals surface area (Å²) in [6.07, 6.45) is -2.34. The van der Waals surface area contributed by atoms with Crippen molar-refractivity contribution in [2.75, 3.05) is 13.2 Å². The lowest BCUT2D eigenvalue weighted by molar-refractivity contribution is -0.254. The van der Waals surface area contributed by atoms with Crippen LogP contribution in [0.15, 0.2) is 30.3 Å². The van der Waals surface area contributed by atoms with E-state index in [-0.39, 0.29) is 6.61 Å². The van der Waals surface area contributed by atoms with Gasteiger partial charge in [0.25, 0.3) is 0 Å². The molecule has 2 aliphatic heterocycles. The Bertz CT molecular complexity index is 1400. The van der Waals surface area contributed by atoms with Gasteiger partial charge in [-0.15, -0.1) is 0 Å². The maximum absolute atomic E-state index is 12.4. The van der Waals surface area contributed by atoms with Crippen LogP contribution in [0.25, 0.3) is 0 Å². The number of esters is 4. The van der Waals surface area contributed by atoms with Gasteiger partial charge >= 0.3 is 23.9 Å². The molecule has 3 aliphatic rings. The molecule has 0 unspecified atom stereocenters. The number of hydrogen-bond acceptors (Lipinski definition) is 10. The Balaban J connectivity index is 1.58. The molecule has 0 N–H and O–H groups in total. The van der Waals surface area contributed by atoms with E-state index in [2.05, 4.69) is 24.3 Å². The average Bonchev–Trinajstić information content (AvgIpc) is 3.67. The Kier molecular flexibility index (Phi) is 9.27. The zero-order valence-electron chi connectivity index (χ0n) is 24.6. The third-order valence-electron chi connectivity index (χ3n) is 7.75. The Morgan fingerprint density at radius 1 is 0.860 bits per heavy atom. The van der Waals surface area contributed by atoms with E-state index in [9.17, 15) is 19.2 Å². The molecule has 0 aromatic heterocycles. The standard InChI is InChI=1S/C32H35ClO10/c1-16(34)39-15-26-30(40-17(2)35)32(42-19(4)37)31(41-18(3)36)29(43-26)25-14-23(27(33)28-24(25)11-12-38-28)13-20-5-7-21(8-6-20)22-9-10-22/h5-8,14,22,26,29-32H,9-13,15H2,1-4H3/t26-,29+,30-,31+,32+/m1/s1. The third-order valence-corrected chi connectivity index (χ3v) is 8.17. The van der Waals surface area contributed by atoms with E-state index in [1.807, 2.05) is 6.07 Å². The minimum Gasteiger partial charge on any atom is -0.491 e. The molecule has 1 saturated carbocycles. The largest absolute Gasteiger partial charge is 0.491 e. The monoisotopic (exact) mass is 614 g/mol. The van der Waals surface area contributed by atoms with Gasteiger partial charge < -0.3 is 28.4 Å². The fraction of sp³-hybridized carbons (Fsp3) is 0.500. The number of hydrogen-bond donors (Lipinski definition) is 0. The maximum Gasteiger partial charge on any atom is 0.303 e. The van der Waals surface area contributed by atoms with Crippen molar-refractivity contribution in [2.45, 2.75) is 89.8 Å². The van der Waals surface area contributed by atoms with Crippen LogP contribution in [0, 0.1) is 0 Å². The van der Waals surface area contributed by atoms with Crippen LogP contribution in [-0.2, 0) is 55.7 Å². The molecule has 0 bridgehead atoms. The topological polar surface area (TPSA) is 124 Å². The van der Waals surface area contributed by atoms with E-state index in [0.29, 0.717) is 41.7 Å². The molecule has 1 saturated heterocycles. The van der Waals surface area contributed by atoms with Crippen LogP contribution in [0.3, 0.4) is 0 Å². The van der Waals surface area contributed by atoms with Crippen molar-refractivity contribution in [2.24, 2.45) is 0 Å². The maximum atomic E-state index is 12.4. The summed E-state index contributed by atoms with van der Waals surface area (Å²) in [7, 11) is 0. The van der Waals surface area contributed by atoms with Crippen molar-refractivity contribution in [1.29, 1.82) is 0 Å². The molecule has 5 atom stereocenters. The SMILES string of the molecule is CC(=O)OC[C@H]1O[C@@H](c2cc(Cc3ccc(C4CC4)cc3)c(Cl)c3c2CCO3)[C@H](OC(C)=O)[C@@H](OC(C)=O)[C@@H]1OC(C)=O. The number of carbonyl (C=O) groups excluding carboxylic acids is 4. The molecular formula is C32H35ClO10. The van der Waals surface area contributed by atoms with E-state index in [1.165, 1.54) is 46.1 Å². The van der Waals surface area contributed by atoms with Crippen LogP contribution in [0.4, 0.5) is 0 Å². The highest BCUT2D eigenvalue weighted by Gasteiger charge is 2.53. The normalized spacial score (nSPS) is 24.3. The number of ether oxygens (including phenoxy) is 6. The molecule has 5 rings (SSSR count). The summed E-state index contributed by atoms with van der Waals surface area (Å²) in [5.41, 5.74) is 4.53. The first-order chi connectivity index (χ1) is 20.5. The minimum atomic E-state index is -1.27. The van der Waals surface area contributed by atoms with E-state index < -0.39 is 54.4 Å². The van der Waals surface area contributed by atoms with E-state index in [1.54, 1.807) is 0 Å². The molecule has 2 fully saturated rings. The minimum absolute atomic E-state index is 0.305. The van der Waals surface area contributed by atoms with Gasteiger partial charge in [0.2, 0.25) is 0 Å². The molecule has 0 spiro atoms. The zero-order valence-corrected chi connectivity index (χ0v) is 25.3. The predicted octanol–water partition coefficient (Wildman–Crippen LogP) is 4.54. The predicted molar refractivity (Wildman–Crippen MR) is 153 cm³/mol. The molecule has 10 nitrogen and oxygen atoms in total. The summed E-state index contributed by atoms with van der Waals surface area (Å²) >= 11 is 6.88. The highest BCUT2D eigenvalue weighted by atomic mass is 35.5. The second kappa shape index (κ2) is 12.9. The second-order valence-electron chi connectivity index (χ2n) is 11.2. The van der Waals surface area contributed by atoms with Crippen LogP contribution in [0.5, 0.6) is 5.75 Å². The lowest BCUT2D eigenvalue weighted by atomic mass is 9.86. The molecule has 43 heavy (non-hydrogen) atoms. The molecule has 2 heterocycles. The first kappa shape index (κ1) is 30.8. The van der Waals surface area contributed by atoms with Crippen LogP contribution >= 0.6 is 11.6 Å². The fourth-order valence-electron chi connectivity index (χ4n) is 5.82. The summed E-state index contributed by atoms with van der Waals surface area (Å²) in [6.45, 7) is 4.92. The van der Waals surface area contributed by atoms with Gasteiger partial charge in [0, 0.05) is 39.7 Å². The molecule has 230 valence electrons. The Morgan fingerprint density at radius 3 is 2.09 bits per heavy atom. The van der Waals surface area contributed by atoms with Crippen LogP contribution in [-0.4, -0.2) is 61.5 Å². The highest BCUT2D eigenvalue weighted by Crippen LogP contribution is 2.46. The molecule has 0 amide bonds. The summed E-state index contributed by atoms with van der Waals surface area (Å²) in [5, 5.41) is 0.480. The Hall–Kier alpha value is -3.63. The summed E-state index contributed by atoms with van der Waals surface area (Å²) in [5.74, 6) is -1.46. The molecule has 11 heteroatoms. The summed E-state index contributed by atoms with van der Waals surface area (Å²) in [4.78, 5) is 48.5. The van der Waals surface area contributed by atoms with Gasteiger partial charge in [0.15, 0.2) is 18.3 Å². The number of fused-ring (bicyclic) bond motifs is 1. The molecule has 2 aromatic rings. The number of rotatable bonds is 9. The average molecular weight is 615 g/mol. The van der Waals surface area contributed by atoms with Crippen LogP contribution in [0.2, 0.25) is 5.02 Å². The van der Waals surface area contributed by atoms with Gasteiger partial charge in [0.05, 0.1) is 11.6 Å². The van der Waals surface area contributed by atoms with Crippen molar-refractivity contribution < 1.29 is 47.6 Å². The van der Waals surface area contributed by atoms with E-state index >= 15 is 0 Å². The van der Waals surface area contributed by atoms with E-state index in [0.717, 1.165) is 16.7 Å². The van der Waals surface area contributed by atoms with Crippen molar-refractivity contribution in [3.63, 3.8) is 0 Å². The summed E-state index contributed by atoms with van der Waals surface area (Å²) < 4.78 is 34.6. The molecule has 1 aliphatic carbocycles. The van der Waals surface area contributed by atoms with Crippen molar-refractivity contribution in [3.8, 4) is 5.75 Å². The van der Waals surface area contributed by atoms with Crippen molar-refractivity contribution in [3.05, 3.63) is 63.2 Å². The van der Waals surface area contributed by atoms with Crippen molar-refractivity contribution >= 4 is 35.5 Å². The van der Waals surface area contributed by atoms with Crippen LogP contribution in [0.1, 0.15) is 80.4 Å². The number of benzene rings is 2. The molecule has 0 radical (unpaired) electrons. The summed E-state index contributed by atoms with van der Waals surface area (Å²) in [6, 6.07) is 10.4. The first-order valence-electron chi connectivity index (χ1n) is 14.4. The zero-order chi connectivity index (χ0) is 30.8. The van der Waals surface area contributed by atoms with Gasteiger partial charge in [-0.3, -0.25) is 19.2 Å². The van der Waals surface area contributed by atoms with Crippen molar-refractivity contribution in [1.82, 2.24) is 0 Å². The van der Waals surface area contributed by atoms with Crippen LogP contribution < -0.4 is 4.74 Å². The third kappa shape index (κ3) is 7.13. The van der Waals surface area contributed by atoms with Gasteiger partial charge in [-0.1, -0.05) is 41.9 Å². The Labute approximate surface area is 254 Å². The highest BCUT2D eigenvalue weighted by molar-refractivity contribution is 6.33. The molecular weight excluding hydrogens is 580 g/mol. The lowest BCUT2D eigenvalue weighted by Gasteiger charge is -2.45. The van der Waals surface area contributed by atoms with E-state index in [4.69, 9.17) is 40.0 Å².